The highest BCUT2D eigenvalue weighted by atomic mass is 79.9. The third-order valence-electron chi connectivity index (χ3n) is 2.44. The molecule has 0 saturated heterocycles. The van der Waals surface area contributed by atoms with Crippen molar-refractivity contribution in [1.29, 1.82) is 0 Å². The molecule has 0 aliphatic rings. The molecule has 2 heteroatoms. The Bertz CT molecular complexity index is 344. The van der Waals surface area contributed by atoms with Gasteiger partial charge in [0.25, 0.3) is 0 Å². The van der Waals surface area contributed by atoms with Crippen molar-refractivity contribution in [2.24, 2.45) is 0 Å². The zero-order valence-corrected chi connectivity index (χ0v) is 11.7. The maximum Gasteiger partial charge on any atom is 0.0178 e. The smallest absolute Gasteiger partial charge is 0.0178 e. The summed E-state index contributed by atoms with van der Waals surface area (Å²) in [5, 5.41) is 3.32. The lowest BCUT2D eigenvalue weighted by molar-refractivity contribution is 0.724. The fourth-order valence-corrected chi connectivity index (χ4v) is 2.09. The Morgan fingerprint density at radius 1 is 1.44 bits per heavy atom. The molecular formula is C14H20BrN. The first-order valence-electron chi connectivity index (χ1n) is 5.83. The van der Waals surface area contributed by atoms with E-state index in [1.165, 1.54) is 11.1 Å². The van der Waals surface area contributed by atoms with Gasteiger partial charge < -0.3 is 5.32 Å². The molecule has 0 aliphatic heterocycles. The molecule has 1 aromatic rings. The second-order valence-corrected chi connectivity index (χ2v) is 4.92. The van der Waals surface area contributed by atoms with Gasteiger partial charge in [-0.05, 0) is 50.6 Å². The summed E-state index contributed by atoms with van der Waals surface area (Å²) >= 11 is 3.50. The Kier molecular flexibility index (Phi) is 6.43. The summed E-state index contributed by atoms with van der Waals surface area (Å²) in [4.78, 5) is 0. The van der Waals surface area contributed by atoms with Crippen LogP contribution in [0.15, 0.2) is 40.4 Å². The van der Waals surface area contributed by atoms with Gasteiger partial charge in [0.05, 0.1) is 0 Å². The fraction of sp³-hybridized carbons (Fsp3) is 0.429. The number of hydrogen-bond acceptors (Lipinski definition) is 1. The number of halogens is 1. The van der Waals surface area contributed by atoms with Gasteiger partial charge in [-0.3, -0.25) is 0 Å². The number of rotatable bonds is 6. The normalized spacial score (nSPS) is 11.8. The first-order chi connectivity index (χ1) is 7.72. The van der Waals surface area contributed by atoms with Gasteiger partial charge in [-0.1, -0.05) is 46.6 Å². The Morgan fingerprint density at radius 2 is 2.25 bits per heavy atom. The zero-order valence-electron chi connectivity index (χ0n) is 10.1. The van der Waals surface area contributed by atoms with Crippen LogP contribution in [0.2, 0.25) is 0 Å². The SMILES string of the molecule is CCNCCC=C(C)Cc1cccc(Br)c1. The molecule has 0 bridgehead atoms. The van der Waals surface area contributed by atoms with Crippen LogP contribution in [0.5, 0.6) is 0 Å². The highest BCUT2D eigenvalue weighted by Crippen LogP contribution is 2.14. The molecule has 0 fully saturated rings. The van der Waals surface area contributed by atoms with Crippen LogP contribution in [-0.4, -0.2) is 13.1 Å². The summed E-state index contributed by atoms with van der Waals surface area (Å²) in [6.07, 6.45) is 4.49. The topological polar surface area (TPSA) is 12.0 Å². The van der Waals surface area contributed by atoms with Crippen molar-refractivity contribution < 1.29 is 0 Å². The predicted molar refractivity (Wildman–Crippen MR) is 74.8 cm³/mol. The van der Waals surface area contributed by atoms with Crippen molar-refractivity contribution in [3.63, 3.8) is 0 Å². The van der Waals surface area contributed by atoms with Crippen molar-refractivity contribution in [1.82, 2.24) is 5.32 Å². The first-order valence-corrected chi connectivity index (χ1v) is 6.62. The van der Waals surface area contributed by atoms with Crippen LogP contribution in [0, 0.1) is 0 Å². The number of benzene rings is 1. The quantitative estimate of drug-likeness (QED) is 0.615. The van der Waals surface area contributed by atoms with E-state index in [-0.39, 0.29) is 0 Å². The second-order valence-electron chi connectivity index (χ2n) is 4.00. The van der Waals surface area contributed by atoms with Crippen LogP contribution in [0.4, 0.5) is 0 Å². The van der Waals surface area contributed by atoms with Gasteiger partial charge >= 0.3 is 0 Å². The molecule has 0 radical (unpaired) electrons. The van der Waals surface area contributed by atoms with E-state index in [0.717, 1.165) is 30.4 Å². The molecule has 0 unspecified atom stereocenters. The standard InChI is InChI=1S/C14H20BrN/c1-3-16-9-5-6-12(2)10-13-7-4-8-14(15)11-13/h4,6-8,11,16H,3,5,9-10H2,1-2H3. The van der Waals surface area contributed by atoms with E-state index in [1.807, 2.05) is 0 Å². The van der Waals surface area contributed by atoms with Crippen LogP contribution in [0.25, 0.3) is 0 Å². The van der Waals surface area contributed by atoms with E-state index in [1.54, 1.807) is 0 Å². The van der Waals surface area contributed by atoms with Gasteiger partial charge in [-0.2, -0.15) is 0 Å². The van der Waals surface area contributed by atoms with Gasteiger partial charge in [0.1, 0.15) is 0 Å². The molecule has 1 aromatic carbocycles. The van der Waals surface area contributed by atoms with Crippen molar-refractivity contribution in [2.45, 2.75) is 26.7 Å². The van der Waals surface area contributed by atoms with Crippen LogP contribution >= 0.6 is 15.9 Å². The monoisotopic (exact) mass is 281 g/mol. The van der Waals surface area contributed by atoms with Crippen LogP contribution < -0.4 is 5.32 Å². The van der Waals surface area contributed by atoms with E-state index < -0.39 is 0 Å². The summed E-state index contributed by atoms with van der Waals surface area (Å²) in [5.41, 5.74) is 2.81. The van der Waals surface area contributed by atoms with Gasteiger partial charge in [0.2, 0.25) is 0 Å². The molecule has 0 amide bonds. The highest BCUT2D eigenvalue weighted by Gasteiger charge is 1.95. The number of nitrogens with one attached hydrogen (secondary N) is 1. The van der Waals surface area contributed by atoms with Gasteiger partial charge in [0, 0.05) is 4.47 Å². The average molecular weight is 282 g/mol. The molecule has 16 heavy (non-hydrogen) atoms. The average Bonchev–Trinajstić information content (AvgIpc) is 2.24. The molecule has 88 valence electrons. The van der Waals surface area contributed by atoms with Crippen molar-refractivity contribution >= 4 is 15.9 Å². The molecule has 0 saturated carbocycles. The Morgan fingerprint density at radius 3 is 2.94 bits per heavy atom. The highest BCUT2D eigenvalue weighted by molar-refractivity contribution is 9.10. The molecule has 1 N–H and O–H groups in total. The minimum absolute atomic E-state index is 1.05. The van der Waals surface area contributed by atoms with E-state index in [0.29, 0.717) is 0 Å². The van der Waals surface area contributed by atoms with Gasteiger partial charge in [-0.15, -0.1) is 0 Å². The summed E-state index contributed by atoms with van der Waals surface area (Å²) in [6, 6.07) is 8.51. The van der Waals surface area contributed by atoms with Crippen LogP contribution in [0.1, 0.15) is 25.8 Å². The van der Waals surface area contributed by atoms with E-state index in [2.05, 4.69) is 65.4 Å². The summed E-state index contributed by atoms with van der Waals surface area (Å²) in [6.45, 7) is 6.47. The lowest BCUT2D eigenvalue weighted by Crippen LogP contribution is -2.13. The van der Waals surface area contributed by atoms with Gasteiger partial charge in [0.15, 0.2) is 0 Å². The van der Waals surface area contributed by atoms with E-state index in [4.69, 9.17) is 0 Å². The third-order valence-corrected chi connectivity index (χ3v) is 2.93. The largest absolute Gasteiger partial charge is 0.317 e. The van der Waals surface area contributed by atoms with Crippen LogP contribution in [0.3, 0.4) is 0 Å². The molecule has 0 aromatic heterocycles. The van der Waals surface area contributed by atoms with Gasteiger partial charge in [-0.25, -0.2) is 0 Å². The Labute approximate surface area is 107 Å². The zero-order chi connectivity index (χ0) is 11.8. The Hall–Kier alpha value is -0.600. The molecule has 0 aliphatic carbocycles. The molecule has 1 nitrogen and oxygen atoms in total. The van der Waals surface area contributed by atoms with Crippen molar-refractivity contribution in [3.8, 4) is 0 Å². The second kappa shape index (κ2) is 7.64. The minimum atomic E-state index is 1.05. The molecule has 0 atom stereocenters. The Balaban J connectivity index is 2.41. The molecule has 1 rings (SSSR count). The lowest BCUT2D eigenvalue weighted by Gasteiger charge is -2.03. The summed E-state index contributed by atoms with van der Waals surface area (Å²) in [5.74, 6) is 0. The van der Waals surface area contributed by atoms with Crippen molar-refractivity contribution in [2.75, 3.05) is 13.1 Å². The molecule has 0 spiro atoms. The third kappa shape index (κ3) is 5.47. The molecular weight excluding hydrogens is 262 g/mol. The fourth-order valence-electron chi connectivity index (χ4n) is 1.64. The maximum atomic E-state index is 3.50. The lowest BCUT2D eigenvalue weighted by atomic mass is 10.1. The maximum absolute atomic E-state index is 3.50. The summed E-state index contributed by atoms with van der Waals surface area (Å²) < 4.78 is 1.16. The number of hydrogen-bond donors (Lipinski definition) is 1. The van der Waals surface area contributed by atoms with Crippen molar-refractivity contribution in [3.05, 3.63) is 46.0 Å². The minimum Gasteiger partial charge on any atom is -0.317 e. The molecule has 0 heterocycles. The van der Waals surface area contributed by atoms with E-state index in [9.17, 15) is 0 Å². The van der Waals surface area contributed by atoms with Crippen LogP contribution in [-0.2, 0) is 6.42 Å². The van der Waals surface area contributed by atoms with E-state index >= 15 is 0 Å². The number of allylic oxidation sites excluding steroid dienone is 1. The predicted octanol–water partition coefficient (Wildman–Crippen LogP) is 3.94. The first kappa shape index (κ1) is 13.5. The summed E-state index contributed by atoms with van der Waals surface area (Å²) in [7, 11) is 0.